The highest BCUT2D eigenvalue weighted by atomic mass is 19.1. The number of hydrogen-bond donors (Lipinski definition) is 1. The molecule has 0 saturated carbocycles. The Morgan fingerprint density at radius 1 is 1.08 bits per heavy atom. The molecule has 0 aliphatic carbocycles. The van der Waals surface area contributed by atoms with Crippen molar-refractivity contribution in [1.29, 1.82) is 0 Å². The van der Waals surface area contributed by atoms with E-state index in [-0.39, 0.29) is 29.5 Å². The van der Waals surface area contributed by atoms with Gasteiger partial charge in [0.05, 0.1) is 17.7 Å². The summed E-state index contributed by atoms with van der Waals surface area (Å²) < 4.78 is 14.7. The first kappa shape index (κ1) is 18.3. The molecule has 0 spiro atoms. The van der Waals surface area contributed by atoms with E-state index in [9.17, 15) is 9.18 Å². The Morgan fingerprint density at radius 2 is 1.69 bits per heavy atom. The Kier molecular flexibility index (Phi) is 4.92. The van der Waals surface area contributed by atoms with Crippen LogP contribution in [0.1, 0.15) is 38.1 Å². The lowest BCUT2D eigenvalue weighted by atomic mass is 9.82. The number of halogens is 1. The third-order valence-electron chi connectivity index (χ3n) is 4.57. The van der Waals surface area contributed by atoms with Crippen LogP contribution in [0.5, 0.6) is 0 Å². The first-order chi connectivity index (χ1) is 12.3. The molecule has 0 fully saturated rings. The molecule has 0 radical (unpaired) electrons. The Balaban J connectivity index is 1.93. The fourth-order valence-electron chi connectivity index (χ4n) is 3.27. The number of hydrogen-bond acceptors (Lipinski definition) is 3. The first-order valence-corrected chi connectivity index (χ1v) is 8.72. The highest BCUT2D eigenvalue weighted by molar-refractivity contribution is 5.83. The minimum Gasteiger partial charge on any atom is -0.291 e. The minimum atomic E-state index is -0.260. The van der Waals surface area contributed by atoms with Crippen LogP contribution in [-0.2, 0) is 6.67 Å². The van der Waals surface area contributed by atoms with Gasteiger partial charge in [0, 0.05) is 11.4 Å². The summed E-state index contributed by atoms with van der Waals surface area (Å²) >= 11 is 0. The normalized spacial score (nSPS) is 13.1. The van der Waals surface area contributed by atoms with Crippen molar-refractivity contribution in [2.45, 2.75) is 40.4 Å². The average Bonchev–Trinajstić information content (AvgIpc) is 2.60. The lowest BCUT2D eigenvalue weighted by Crippen LogP contribution is -2.37. The van der Waals surface area contributed by atoms with Crippen molar-refractivity contribution in [3.63, 3.8) is 0 Å². The number of nitrogens with zero attached hydrogens (tertiary/aromatic N) is 2. The molecule has 1 unspecified atom stereocenters. The summed E-state index contributed by atoms with van der Waals surface area (Å²) in [5.41, 5.74) is 1.55. The van der Waals surface area contributed by atoms with Gasteiger partial charge in [-0.25, -0.2) is 9.07 Å². The number of rotatable bonds is 4. The van der Waals surface area contributed by atoms with E-state index in [0.717, 1.165) is 16.6 Å². The lowest BCUT2D eigenvalue weighted by molar-refractivity contribution is 0.250. The number of nitrogens with one attached hydrogen (secondary N) is 1. The molecule has 0 aliphatic heterocycles. The SMILES string of the molecule is Cc1nn(CNC(c2ccc(F)cc2)C(C)(C)C)c(=O)c2ccccc12. The summed E-state index contributed by atoms with van der Waals surface area (Å²) in [6.45, 7) is 8.50. The zero-order valence-electron chi connectivity index (χ0n) is 15.6. The number of fused-ring (bicyclic) bond motifs is 1. The molecule has 1 heterocycles. The summed E-state index contributed by atoms with van der Waals surface area (Å²) in [6, 6.07) is 13.9. The van der Waals surface area contributed by atoms with Crippen molar-refractivity contribution in [3.8, 4) is 0 Å². The highest BCUT2D eigenvalue weighted by Gasteiger charge is 2.26. The largest absolute Gasteiger partial charge is 0.291 e. The zero-order valence-corrected chi connectivity index (χ0v) is 15.6. The molecule has 1 aromatic heterocycles. The maximum atomic E-state index is 13.3. The third kappa shape index (κ3) is 3.68. The van der Waals surface area contributed by atoms with E-state index in [1.807, 2.05) is 31.2 Å². The summed E-state index contributed by atoms with van der Waals surface area (Å²) in [5.74, 6) is -0.260. The van der Waals surface area contributed by atoms with Crippen LogP contribution in [0, 0.1) is 18.2 Å². The molecule has 1 atom stereocenters. The van der Waals surface area contributed by atoms with Crippen LogP contribution in [0.3, 0.4) is 0 Å². The second-order valence-electron chi connectivity index (χ2n) is 7.65. The average molecular weight is 353 g/mol. The number of aromatic nitrogens is 2. The smallest absolute Gasteiger partial charge is 0.275 e. The number of benzene rings is 2. The fourth-order valence-corrected chi connectivity index (χ4v) is 3.27. The Morgan fingerprint density at radius 3 is 2.31 bits per heavy atom. The second-order valence-corrected chi connectivity index (χ2v) is 7.65. The van der Waals surface area contributed by atoms with Gasteiger partial charge in [0.1, 0.15) is 5.82 Å². The van der Waals surface area contributed by atoms with Gasteiger partial charge < -0.3 is 0 Å². The summed E-state index contributed by atoms with van der Waals surface area (Å²) in [5, 5.41) is 9.40. The molecule has 136 valence electrons. The second kappa shape index (κ2) is 7.00. The quantitative estimate of drug-likeness (QED) is 0.765. The summed E-state index contributed by atoms with van der Waals surface area (Å²) in [7, 11) is 0. The van der Waals surface area contributed by atoms with Crippen LogP contribution in [0.2, 0.25) is 0 Å². The van der Waals surface area contributed by atoms with Crippen LogP contribution >= 0.6 is 0 Å². The van der Waals surface area contributed by atoms with E-state index in [0.29, 0.717) is 5.39 Å². The molecule has 0 aliphatic rings. The maximum absolute atomic E-state index is 13.3. The lowest BCUT2D eigenvalue weighted by Gasteiger charge is -2.32. The first-order valence-electron chi connectivity index (χ1n) is 8.72. The molecule has 0 bridgehead atoms. The van der Waals surface area contributed by atoms with Crippen LogP contribution in [0.4, 0.5) is 4.39 Å². The molecule has 1 N–H and O–H groups in total. The predicted octanol–water partition coefficient (Wildman–Crippen LogP) is 4.18. The molecule has 3 aromatic rings. The molecular weight excluding hydrogens is 329 g/mol. The van der Waals surface area contributed by atoms with E-state index in [1.165, 1.54) is 16.8 Å². The molecular formula is C21H24FN3O. The summed E-state index contributed by atoms with van der Waals surface area (Å²) in [4.78, 5) is 12.7. The Hall–Kier alpha value is -2.53. The molecule has 26 heavy (non-hydrogen) atoms. The van der Waals surface area contributed by atoms with Gasteiger partial charge in [0.25, 0.3) is 5.56 Å². The van der Waals surface area contributed by atoms with Gasteiger partial charge in [-0.2, -0.15) is 5.10 Å². The fraction of sp³-hybridized carbons (Fsp3) is 0.333. The van der Waals surface area contributed by atoms with Gasteiger partial charge in [-0.1, -0.05) is 51.1 Å². The van der Waals surface area contributed by atoms with E-state index < -0.39 is 0 Å². The van der Waals surface area contributed by atoms with Crippen LogP contribution in [-0.4, -0.2) is 9.78 Å². The molecule has 0 saturated heterocycles. The van der Waals surface area contributed by atoms with Gasteiger partial charge in [-0.05, 0) is 36.1 Å². The van der Waals surface area contributed by atoms with Crippen LogP contribution in [0.25, 0.3) is 10.8 Å². The van der Waals surface area contributed by atoms with Crippen molar-refractivity contribution in [2.75, 3.05) is 0 Å². The van der Waals surface area contributed by atoms with Gasteiger partial charge in [0.15, 0.2) is 0 Å². The molecule has 2 aromatic carbocycles. The standard InChI is InChI=1S/C21H24FN3O/c1-14-17-7-5-6-8-18(17)20(26)25(24-14)13-23-19(21(2,3)4)15-9-11-16(22)12-10-15/h5-12,19,23H,13H2,1-4H3. The minimum absolute atomic E-state index is 0.0522. The monoisotopic (exact) mass is 353 g/mol. The highest BCUT2D eigenvalue weighted by Crippen LogP contribution is 2.32. The van der Waals surface area contributed by atoms with Crippen molar-refractivity contribution < 1.29 is 4.39 Å². The van der Waals surface area contributed by atoms with E-state index in [4.69, 9.17) is 0 Å². The van der Waals surface area contributed by atoms with Crippen molar-refractivity contribution >= 4 is 10.8 Å². The number of aryl methyl sites for hydroxylation is 1. The van der Waals surface area contributed by atoms with E-state index >= 15 is 0 Å². The summed E-state index contributed by atoms with van der Waals surface area (Å²) in [6.07, 6.45) is 0. The van der Waals surface area contributed by atoms with Gasteiger partial charge in [0.2, 0.25) is 0 Å². The molecule has 4 nitrogen and oxygen atoms in total. The van der Waals surface area contributed by atoms with E-state index in [2.05, 4.69) is 31.2 Å². The Labute approximate surface area is 152 Å². The van der Waals surface area contributed by atoms with Crippen LogP contribution in [0.15, 0.2) is 53.3 Å². The topological polar surface area (TPSA) is 46.9 Å². The molecule has 0 amide bonds. The van der Waals surface area contributed by atoms with Crippen molar-refractivity contribution in [2.24, 2.45) is 5.41 Å². The zero-order chi connectivity index (χ0) is 18.9. The Bertz CT molecular complexity index is 971. The van der Waals surface area contributed by atoms with Crippen LogP contribution < -0.4 is 10.9 Å². The van der Waals surface area contributed by atoms with E-state index in [1.54, 1.807) is 12.1 Å². The van der Waals surface area contributed by atoms with Gasteiger partial charge >= 0.3 is 0 Å². The maximum Gasteiger partial charge on any atom is 0.275 e. The third-order valence-corrected chi connectivity index (χ3v) is 4.57. The van der Waals surface area contributed by atoms with Gasteiger partial charge in [-0.15, -0.1) is 0 Å². The molecule has 5 heteroatoms. The van der Waals surface area contributed by atoms with Gasteiger partial charge in [-0.3, -0.25) is 10.1 Å². The van der Waals surface area contributed by atoms with Crippen molar-refractivity contribution in [1.82, 2.24) is 15.1 Å². The predicted molar refractivity (Wildman–Crippen MR) is 102 cm³/mol. The van der Waals surface area contributed by atoms with Crippen molar-refractivity contribution in [3.05, 3.63) is 76.0 Å². The molecule has 3 rings (SSSR count).